The van der Waals surface area contributed by atoms with E-state index in [0.717, 1.165) is 22.6 Å². The van der Waals surface area contributed by atoms with Crippen molar-refractivity contribution in [2.75, 3.05) is 33.0 Å². The lowest BCUT2D eigenvalue weighted by molar-refractivity contribution is -0.135. The van der Waals surface area contributed by atoms with E-state index in [1.807, 2.05) is 18.2 Å². The number of aromatic nitrogens is 1. The maximum atomic E-state index is 13.7. The maximum Gasteiger partial charge on any atom is 0.253 e. The average molecular weight is 492 g/mol. The number of pyridine rings is 1. The van der Waals surface area contributed by atoms with Crippen LogP contribution < -0.4 is 15.0 Å². The topological polar surface area (TPSA) is 81.1 Å². The number of carbonyl (C=O) groups is 2. The van der Waals surface area contributed by atoms with Crippen LogP contribution in [0.4, 0.5) is 4.39 Å². The summed E-state index contributed by atoms with van der Waals surface area (Å²) in [5.41, 5.74) is 1.54. The minimum Gasteiger partial charge on any atom is -0.454 e. The van der Waals surface area contributed by atoms with Gasteiger partial charge in [-0.2, -0.15) is 0 Å². The Kier molecular flexibility index (Phi) is 6.56. The van der Waals surface area contributed by atoms with E-state index in [4.69, 9.17) is 9.47 Å². The summed E-state index contributed by atoms with van der Waals surface area (Å²) in [6.45, 7) is 4.75. The average Bonchev–Trinajstić information content (AvgIpc) is 3.35. The fourth-order valence-electron chi connectivity index (χ4n) is 4.54. The molecule has 0 N–H and O–H groups in total. The van der Waals surface area contributed by atoms with Gasteiger partial charge in [0.1, 0.15) is 5.82 Å². The summed E-state index contributed by atoms with van der Waals surface area (Å²) in [7, 11) is 0. The molecule has 8 nitrogen and oxygen atoms in total. The number of halogens is 1. The maximum absolute atomic E-state index is 13.7. The van der Waals surface area contributed by atoms with Gasteiger partial charge in [-0.3, -0.25) is 23.9 Å². The van der Waals surface area contributed by atoms with Gasteiger partial charge in [0.2, 0.25) is 6.79 Å². The Morgan fingerprint density at radius 3 is 2.42 bits per heavy atom. The number of hydrogen-bond acceptors (Lipinski definition) is 6. The van der Waals surface area contributed by atoms with Gasteiger partial charge in [0.25, 0.3) is 11.5 Å². The largest absolute Gasteiger partial charge is 0.454 e. The summed E-state index contributed by atoms with van der Waals surface area (Å²) >= 11 is 0. The molecule has 2 aliphatic heterocycles. The number of fused-ring (bicyclic) bond motifs is 1. The predicted octanol–water partition coefficient (Wildman–Crippen LogP) is 2.79. The van der Waals surface area contributed by atoms with Gasteiger partial charge in [-0.05, 0) is 54.4 Å². The lowest BCUT2D eigenvalue weighted by atomic mass is 10.0. The zero-order valence-corrected chi connectivity index (χ0v) is 19.9. The molecule has 9 heteroatoms. The van der Waals surface area contributed by atoms with Gasteiger partial charge in [0.05, 0.1) is 0 Å². The Morgan fingerprint density at radius 1 is 0.944 bits per heavy atom. The van der Waals surface area contributed by atoms with E-state index < -0.39 is 29.1 Å². The first-order valence-electron chi connectivity index (χ1n) is 11.8. The second-order valence-electron chi connectivity index (χ2n) is 9.01. The number of rotatable bonds is 6. The molecule has 3 heterocycles. The molecule has 1 atom stereocenters. The molecule has 2 aromatic carbocycles. The standard InChI is InChI=1S/C27H26FN3O5/c1-18-2-9-24(32)31(15-18)25(26(33)20-4-6-21(28)7-5-20)27(34)30-12-10-29(11-13-30)16-19-3-8-22-23(14-19)36-17-35-22/h2-9,14-15,25H,10-13,16-17H2,1H3. The molecule has 1 unspecified atom stereocenters. The van der Waals surface area contributed by atoms with Gasteiger partial charge in [0.15, 0.2) is 23.3 Å². The van der Waals surface area contributed by atoms with Crippen molar-refractivity contribution in [3.05, 3.63) is 93.7 Å². The zero-order chi connectivity index (χ0) is 25.2. The predicted molar refractivity (Wildman–Crippen MR) is 130 cm³/mol. The molecule has 5 rings (SSSR count). The van der Waals surface area contributed by atoms with Gasteiger partial charge < -0.3 is 14.4 Å². The molecule has 0 spiro atoms. The van der Waals surface area contributed by atoms with Crippen molar-refractivity contribution in [2.24, 2.45) is 0 Å². The molecule has 1 aromatic heterocycles. The molecule has 0 radical (unpaired) electrons. The second kappa shape index (κ2) is 9.94. The highest BCUT2D eigenvalue weighted by Crippen LogP contribution is 2.33. The molecule has 186 valence electrons. The van der Waals surface area contributed by atoms with Crippen molar-refractivity contribution < 1.29 is 23.5 Å². The minimum atomic E-state index is -1.36. The van der Waals surface area contributed by atoms with Crippen molar-refractivity contribution in [3.63, 3.8) is 0 Å². The fourth-order valence-corrected chi connectivity index (χ4v) is 4.54. The van der Waals surface area contributed by atoms with Crippen LogP contribution in [0.1, 0.15) is 27.5 Å². The van der Waals surface area contributed by atoms with E-state index in [1.165, 1.54) is 41.1 Å². The number of Topliss-reactive ketones (excluding diaryl/α,β-unsaturated/α-hetero) is 1. The van der Waals surface area contributed by atoms with E-state index in [0.29, 0.717) is 32.7 Å². The highest BCUT2D eigenvalue weighted by Gasteiger charge is 2.35. The highest BCUT2D eigenvalue weighted by molar-refractivity contribution is 6.11. The van der Waals surface area contributed by atoms with Crippen molar-refractivity contribution in [3.8, 4) is 11.5 Å². The van der Waals surface area contributed by atoms with Crippen molar-refractivity contribution >= 4 is 11.7 Å². The van der Waals surface area contributed by atoms with Gasteiger partial charge in [-0.15, -0.1) is 0 Å². The monoisotopic (exact) mass is 491 g/mol. The van der Waals surface area contributed by atoms with Crippen LogP contribution in [0.2, 0.25) is 0 Å². The summed E-state index contributed by atoms with van der Waals surface area (Å²) in [6.07, 6.45) is 1.52. The Morgan fingerprint density at radius 2 is 1.67 bits per heavy atom. The zero-order valence-electron chi connectivity index (χ0n) is 19.9. The van der Waals surface area contributed by atoms with E-state index in [9.17, 15) is 18.8 Å². The Balaban J connectivity index is 1.33. The molecule has 2 aliphatic rings. The van der Waals surface area contributed by atoms with Gasteiger partial charge >= 0.3 is 0 Å². The Labute approximate surface area is 207 Å². The van der Waals surface area contributed by atoms with Gasteiger partial charge in [0, 0.05) is 50.6 Å². The second-order valence-corrected chi connectivity index (χ2v) is 9.01. The number of carbonyl (C=O) groups excluding carboxylic acids is 2. The molecule has 36 heavy (non-hydrogen) atoms. The lowest BCUT2D eigenvalue weighted by Gasteiger charge is -2.36. The quantitative estimate of drug-likeness (QED) is 0.390. The first-order valence-corrected chi connectivity index (χ1v) is 11.8. The normalized spacial score (nSPS) is 16.1. The van der Waals surface area contributed by atoms with Crippen molar-refractivity contribution in [1.29, 1.82) is 0 Å². The van der Waals surface area contributed by atoms with Crippen LogP contribution in [0.25, 0.3) is 0 Å². The number of amides is 1. The highest BCUT2D eigenvalue weighted by atomic mass is 19.1. The molecule has 0 saturated carbocycles. The van der Waals surface area contributed by atoms with Crippen molar-refractivity contribution in [1.82, 2.24) is 14.4 Å². The molecule has 1 fully saturated rings. The van der Waals surface area contributed by atoms with Crippen LogP contribution in [0.5, 0.6) is 11.5 Å². The fraction of sp³-hybridized carbons (Fsp3) is 0.296. The summed E-state index contributed by atoms with van der Waals surface area (Å²) in [6, 6.07) is 12.5. The first-order chi connectivity index (χ1) is 17.4. The molecule has 0 aliphatic carbocycles. The van der Waals surface area contributed by atoms with Crippen LogP contribution in [0.3, 0.4) is 0 Å². The number of ether oxygens (including phenoxy) is 2. The first kappa shape index (κ1) is 23.7. The molecule has 3 aromatic rings. The lowest BCUT2D eigenvalue weighted by Crippen LogP contribution is -2.52. The Hall–Kier alpha value is -3.98. The van der Waals surface area contributed by atoms with E-state index in [2.05, 4.69) is 4.90 Å². The minimum absolute atomic E-state index is 0.171. The van der Waals surface area contributed by atoms with Crippen LogP contribution in [0, 0.1) is 12.7 Å². The number of piperazine rings is 1. The third kappa shape index (κ3) is 4.87. The summed E-state index contributed by atoms with van der Waals surface area (Å²) in [5.74, 6) is -0.0135. The molecular formula is C27H26FN3O5. The van der Waals surface area contributed by atoms with E-state index in [-0.39, 0.29) is 12.4 Å². The van der Waals surface area contributed by atoms with E-state index in [1.54, 1.807) is 17.9 Å². The van der Waals surface area contributed by atoms with Crippen LogP contribution >= 0.6 is 0 Å². The van der Waals surface area contributed by atoms with E-state index >= 15 is 0 Å². The smallest absolute Gasteiger partial charge is 0.253 e. The van der Waals surface area contributed by atoms with Crippen LogP contribution in [-0.2, 0) is 11.3 Å². The van der Waals surface area contributed by atoms with Gasteiger partial charge in [-0.25, -0.2) is 4.39 Å². The number of nitrogens with zero attached hydrogens (tertiary/aromatic N) is 3. The van der Waals surface area contributed by atoms with Crippen LogP contribution in [0.15, 0.2) is 65.6 Å². The van der Waals surface area contributed by atoms with Crippen LogP contribution in [-0.4, -0.2) is 59.0 Å². The summed E-state index contributed by atoms with van der Waals surface area (Å²) < 4.78 is 25.4. The summed E-state index contributed by atoms with van der Waals surface area (Å²) in [4.78, 5) is 43.6. The Bertz CT molecular complexity index is 1350. The van der Waals surface area contributed by atoms with Gasteiger partial charge in [-0.1, -0.05) is 12.1 Å². The molecular weight excluding hydrogens is 465 g/mol. The number of aryl methyl sites for hydroxylation is 1. The molecule has 0 bridgehead atoms. The number of benzene rings is 2. The molecule has 1 saturated heterocycles. The number of ketones is 1. The van der Waals surface area contributed by atoms with Crippen molar-refractivity contribution in [2.45, 2.75) is 19.5 Å². The SMILES string of the molecule is Cc1ccc(=O)n(C(C(=O)c2ccc(F)cc2)C(=O)N2CCN(Cc3ccc4c(c3)OCO4)CC2)c1. The summed E-state index contributed by atoms with van der Waals surface area (Å²) in [5, 5.41) is 0. The number of hydrogen-bond donors (Lipinski definition) is 0. The third-order valence-corrected chi connectivity index (χ3v) is 6.50. The molecule has 1 amide bonds. The third-order valence-electron chi connectivity index (χ3n) is 6.50.